The molecule has 2 heterocycles. The van der Waals surface area contributed by atoms with Crippen LogP contribution in [0.1, 0.15) is 23.7 Å². The first kappa shape index (κ1) is 13.0. The largest absolute Gasteiger partial charge is 0.331 e. The number of imidazole rings is 1. The van der Waals surface area contributed by atoms with Gasteiger partial charge in [-0.2, -0.15) is 0 Å². The Bertz CT molecular complexity index is 800. The highest BCUT2D eigenvalue weighted by molar-refractivity contribution is 9.10. The number of nitrogens with zero attached hydrogens (tertiary/aromatic N) is 2. The highest BCUT2D eigenvalue weighted by Gasteiger charge is 2.15. The summed E-state index contributed by atoms with van der Waals surface area (Å²) in [7, 11) is 0. The van der Waals surface area contributed by atoms with Crippen LogP contribution in [0, 0.1) is 11.7 Å². The van der Waals surface area contributed by atoms with E-state index >= 15 is 0 Å². The molecule has 0 radical (unpaired) electrons. The molecule has 3 aromatic rings. The lowest BCUT2D eigenvalue weighted by Crippen LogP contribution is -2.06. The van der Waals surface area contributed by atoms with Crippen molar-refractivity contribution in [2.45, 2.75) is 19.9 Å². The lowest BCUT2D eigenvalue weighted by atomic mass is 10.3. The number of H-pyrrole nitrogens is 1. The quantitative estimate of drug-likeness (QED) is 0.669. The summed E-state index contributed by atoms with van der Waals surface area (Å²) >= 11 is 10.6. The van der Waals surface area contributed by atoms with Gasteiger partial charge >= 0.3 is 0 Å². The normalized spacial score (nSPS) is 13.0. The Morgan fingerprint density at radius 2 is 2.26 bits per heavy atom. The Morgan fingerprint density at radius 3 is 2.95 bits per heavy atom. The molecule has 0 aliphatic rings. The molecule has 0 aliphatic carbocycles. The molecule has 0 aliphatic heterocycles. The Morgan fingerprint density at radius 1 is 1.47 bits per heavy atom. The van der Waals surface area contributed by atoms with Crippen LogP contribution in [0.15, 0.2) is 28.1 Å². The summed E-state index contributed by atoms with van der Waals surface area (Å²) in [5.41, 5.74) is 3.20. The number of hydrogen-bond acceptors (Lipinski definition) is 3. The van der Waals surface area contributed by atoms with E-state index in [0.29, 0.717) is 0 Å². The van der Waals surface area contributed by atoms with Crippen LogP contribution in [0.3, 0.4) is 0 Å². The molecular formula is C13H12BrN3S2. The minimum atomic E-state index is 0.140. The fourth-order valence-corrected chi connectivity index (χ4v) is 3.73. The highest BCUT2D eigenvalue weighted by atomic mass is 79.9. The number of fused-ring (bicyclic) bond motifs is 1. The first-order chi connectivity index (χ1) is 9.06. The minimum absolute atomic E-state index is 0.140. The minimum Gasteiger partial charge on any atom is -0.331 e. The third-order valence-electron chi connectivity index (χ3n) is 3.06. The molecule has 2 aromatic heterocycles. The fourth-order valence-electron chi connectivity index (χ4n) is 2.16. The number of aromatic nitrogens is 3. The molecule has 1 aromatic carbocycles. The number of nitrogens with one attached hydrogen (secondary N) is 1. The Kier molecular flexibility index (Phi) is 3.32. The molecule has 1 atom stereocenters. The average molecular weight is 354 g/mol. The summed E-state index contributed by atoms with van der Waals surface area (Å²) in [6.07, 6.45) is 0. The van der Waals surface area contributed by atoms with Gasteiger partial charge in [-0.15, -0.1) is 11.3 Å². The standard InChI is InChI=1S/C13H12BrN3S2/c1-7-6-19-12(15-7)8(2)17-11-4-3-9(14)5-10(11)16-13(17)18/h3-6,8H,1-2H3,(H,16,18). The summed E-state index contributed by atoms with van der Waals surface area (Å²) in [5, 5.41) is 3.15. The molecule has 0 amide bonds. The van der Waals surface area contributed by atoms with Crippen molar-refractivity contribution in [2.75, 3.05) is 0 Å². The van der Waals surface area contributed by atoms with E-state index in [0.717, 1.165) is 31.0 Å². The van der Waals surface area contributed by atoms with Crippen LogP contribution >= 0.6 is 39.5 Å². The first-order valence-electron chi connectivity index (χ1n) is 5.88. The molecule has 0 saturated heterocycles. The second-order valence-electron chi connectivity index (χ2n) is 4.46. The van der Waals surface area contributed by atoms with E-state index in [1.807, 2.05) is 19.1 Å². The molecule has 3 nitrogen and oxygen atoms in total. The predicted molar refractivity (Wildman–Crippen MR) is 85.5 cm³/mol. The van der Waals surface area contributed by atoms with Gasteiger partial charge < -0.3 is 9.55 Å². The van der Waals surface area contributed by atoms with E-state index in [2.05, 4.69) is 48.8 Å². The van der Waals surface area contributed by atoms with Crippen LogP contribution in [0.25, 0.3) is 11.0 Å². The molecule has 0 saturated carbocycles. The zero-order valence-corrected chi connectivity index (χ0v) is 13.7. The van der Waals surface area contributed by atoms with Gasteiger partial charge in [-0.3, -0.25) is 0 Å². The van der Waals surface area contributed by atoms with E-state index in [-0.39, 0.29) is 6.04 Å². The van der Waals surface area contributed by atoms with E-state index in [1.165, 1.54) is 0 Å². The van der Waals surface area contributed by atoms with Crippen LogP contribution in [0.5, 0.6) is 0 Å². The summed E-state index contributed by atoms with van der Waals surface area (Å²) in [4.78, 5) is 7.81. The van der Waals surface area contributed by atoms with Crippen molar-refractivity contribution in [3.63, 3.8) is 0 Å². The average Bonchev–Trinajstić information content (AvgIpc) is 2.91. The van der Waals surface area contributed by atoms with Gasteiger partial charge in [0.15, 0.2) is 4.77 Å². The van der Waals surface area contributed by atoms with Gasteiger partial charge in [-0.05, 0) is 44.3 Å². The molecule has 19 heavy (non-hydrogen) atoms. The van der Waals surface area contributed by atoms with Crippen molar-refractivity contribution in [1.82, 2.24) is 14.5 Å². The Balaban J connectivity index is 2.19. The number of thiazole rings is 1. The van der Waals surface area contributed by atoms with Crippen molar-refractivity contribution in [2.24, 2.45) is 0 Å². The summed E-state index contributed by atoms with van der Waals surface area (Å²) in [6, 6.07) is 6.28. The summed E-state index contributed by atoms with van der Waals surface area (Å²) < 4.78 is 3.89. The Labute approximate surface area is 128 Å². The molecule has 3 rings (SSSR count). The zero-order valence-electron chi connectivity index (χ0n) is 10.5. The number of aromatic amines is 1. The number of halogens is 1. The van der Waals surface area contributed by atoms with Crippen LogP contribution in [0.4, 0.5) is 0 Å². The van der Waals surface area contributed by atoms with Crippen LogP contribution < -0.4 is 0 Å². The van der Waals surface area contributed by atoms with Gasteiger partial charge in [-0.1, -0.05) is 15.9 Å². The monoisotopic (exact) mass is 353 g/mol. The van der Waals surface area contributed by atoms with E-state index < -0.39 is 0 Å². The third-order valence-corrected chi connectivity index (χ3v) is 4.98. The smallest absolute Gasteiger partial charge is 0.178 e. The molecule has 6 heteroatoms. The van der Waals surface area contributed by atoms with E-state index in [9.17, 15) is 0 Å². The van der Waals surface area contributed by atoms with Gasteiger partial charge in [-0.25, -0.2) is 4.98 Å². The maximum Gasteiger partial charge on any atom is 0.178 e. The van der Waals surface area contributed by atoms with E-state index in [4.69, 9.17) is 12.2 Å². The predicted octanol–water partition coefficient (Wildman–Crippen LogP) is 4.84. The van der Waals surface area contributed by atoms with Crippen LogP contribution in [-0.2, 0) is 0 Å². The number of rotatable bonds is 2. The van der Waals surface area contributed by atoms with Gasteiger partial charge in [0.05, 0.1) is 17.1 Å². The van der Waals surface area contributed by atoms with Gasteiger partial charge in [0.1, 0.15) is 5.01 Å². The molecule has 0 bridgehead atoms. The van der Waals surface area contributed by atoms with Crippen molar-refractivity contribution in [1.29, 1.82) is 0 Å². The van der Waals surface area contributed by atoms with Gasteiger partial charge in [0, 0.05) is 15.5 Å². The van der Waals surface area contributed by atoms with Crippen molar-refractivity contribution < 1.29 is 0 Å². The van der Waals surface area contributed by atoms with Gasteiger partial charge in [0.25, 0.3) is 0 Å². The highest BCUT2D eigenvalue weighted by Crippen LogP contribution is 2.27. The van der Waals surface area contributed by atoms with Crippen LogP contribution in [-0.4, -0.2) is 14.5 Å². The summed E-state index contributed by atoms with van der Waals surface area (Å²) in [5.74, 6) is 0. The molecular weight excluding hydrogens is 342 g/mol. The second kappa shape index (κ2) is 4.85. The van der Waals surface area contributed by atoms with Crippen molar-refractivity contribution in [3.05, 3.63) is 43.5 Å². The topological polar surface area (TPSA) is 33.6 Å². The number of benzene rings is 1. The fraction of sp³-hybridized carbons (Fsp3) is 0.231. The lowest BCUT2D eigenvalue weighted by Gasteiger charge is -2.11. The summed E-state index contributed by atoms with van der Waals surface area (Å²) in [6.45, 7) is 4.14. The third kappa shape index (κ3) is 2.28. The van der Waals surface area contributed by atoms with Crippen molar-refractivity contribution in [3.8, 4) is 0 Å². The maximum absolute atomic E-state index is 5.45. The number of aryl methyl sites for hydroxylation is 1. The molecule has 0 spiro atoms. The molecule has 0 fully saturated rings. The molecule has 1 unspecified atom stereocenters. The zero-order chi connectivity index (χ0) is 13.6. The molecule has 98 valence electrons. The van der Waals surface area contributed by atoms with Crippen LogP contribution in [0.2, 0.25) is 0 Å². The SMILES string of the molecule is Cc1csc(C(C)n2c(=S)[nH]c3cc(Br)ccc32)n1. The lowest BCUT2D eigenvalue weighted by molar-refractivity contribution is 0.643. The van der Waals surface area contributed by atoms with E-state index in [1.54, 1.807) is 11.3 Å². The first-order valence-corrected chi connectivity index (χ1v) is 7.96. The maximum atomic E-state index is 5.45. The Hall–Kier alpha value is -0.980. The second-order valence-corrected chi connectivity index (χ2v) is 6.66. The number of hydrogen-bond donors (Lipinski definition) is 1. The molecule has 1 N–H and O–H groups in total. The van der Waals surface area contributed by atoms with Gasteiger partial charge in [0.2, 0.25) is 0 Å². The van der Waals surface area contributed by atoms with Crippen molar-refractivity contribution >= 4 is 50.5 Å².